The Kier molecular flexibility index (Phi) is 5.43. The van der Waals surface area contributed by atoms with Crippen molar-refractivity contribution < 1.29 is 9.59 Å². The van der Waals surface area contributed by atoms with E-state index in [1.54, 1.807) is 17.0 Å². The first-order valence-electron chi connectivity index (χ1n) is 9.24. The summed E-state index contributed by atoms with van der Waals surface area (Å²) in [4.78, 5) is 35.1. The number of nitrogens with zero attached hydrogens (tertiary/aromatic N) is 4. The second-order valence-corrected chi connectivity index (χ2v) is 6.89. The summed E-state index contributed by atoms with van der Waals surface area (Å²) >= 11 is 0. The van der Waals surface area contributed by atoms with Crippen LogP contribution in [0.4, 0.5) is 5.82 Å². The molecule has 0 aromatic carbocycles. The van der Waals surface area contributed by atoms with E-state index in [1.807, 2.05) is 25.8 Å². The number of hydrogen-bond acceptors (Lipinski definition) is 5. The lowest BCUT2D eigenvalue weighted by atomic mass is 9.98. The fourth-order valence-electron chi connectivity index (χ4n) is 3.59. The van der Waals surface area contributed by atoms with E-state index in [0.29, 0.717) is 35.6 Å². The molecule has 0 saturated carbocycles. The Hall–Kier alpha value is -2.90. The van der Waals surface area contributed by atoms with Gasteiger partial charge in [0, 0.05) is 38.4 Å². The zero-order valence-corrected chi connectivity index (χ0v) is 16.0. The van der Waals surface area contributed by atoms with Crippen molar-refractivity contribution in [2.75, 3.05) is 18.4 Å². The molecule has 2 aromatic rings. The van der Waals surface area contributed by atoms with Crippen molar-refractivity contribution >= 4 is 28.8 Å². The highest BCUT2D eigenvalue weighted by molar-refractivity contribution is 6.04. The van der Waals surface area contributed by atoms with Gasteiger partial charge < -0.3 is 20.1 Å². The molecule has 0 unspecified atom stereocenters. The van der Waals surface area contributed by atoms with Gasteiger partial charge in [0.05, 0.1) is 11.8 Å². The molecule has 1 aliphatic heterocycles. The second kappa shape index (κ2) is 7.77. The topological polar surface area (TPSA) is 92.2 Å². The Balaban J connectivity index is 1.78. The molecular formula is C19H26N6O2. The van der Waals surface area contributed by atoms with Crippen LogP contribution in [0.1, 0.15) is 37.0 Å². The van der Waals surface area contributed by atoms with Crippen molar-refractivity contribution in [2.45, 2.75) is 38.8 Å². The summed E-state index contributed by atoms with van der Waals surface area (Å²) in [5.41, 5.74) is 1.77. The van der Waals surface area contributed by atoms with Gasteiger partial charge in [0.25, 0.3) is 5.91 Å². The van der Waals surface area contributed by atoms with Gasteiger partial charge in [-0.25, -0.2) is 9.97 Å². The van der Waals surface area contributed by atoms with Crippen LogP contribution in [-0.2, 0) is 11.8 Å². The Morgan fingerprint density at radius 3 is 2.89 bits per heavy atom. The monoisotopic (exact) mass is 370 g/mol. The zero-order chi connectivity index (χ0) is 19.6. The van der Waals surface area contributed by atoms with E-state index in [9.17, 15) is 9.59 Å². The maximum Gasteiger partial charge on any atom is 0.255 e. The molecule has 0 radical (unpaired) electrons. The van der Waals surface area contributed by atoms with Crippen molar-refractivity contribution in [3.63, 3.8) is 0 Å². The molecule has 0 aliphatic carbocycles. The lowest BCUT2D eigenvalue weighted by Crippen LogP contribution is -2.47. The predicted molar refractivity (Wildman–Crippen MR) is 105 cm³/mol. The summed E-state index contributed by atoms with van der Waals surface area (Å²) in [6, 6.07) is 0.318. The summed E-state index contributed by atoms with van der Waals surface area (Å²) in [7, 11) is 1.85. The smallest absolute Gasteiger partial charge is 0.255 e. The zero-order valence-electron chi connectivity index (χ0n) is 16.0. The lowest BCUT2D eigenvalue weighted by Gasteiger charge is -2.37. The van der Waals surface area contributed by atoms with E-state index >= 15 is 0 Å². The molecular weight excluding hydrogens is 344 g/mol. The Labute approximate surface area is 158 Å². The van der Waals surface area contributed by atoms with Crippen LogP contribution >= 0.6 is 0 Å². The minimum atomic E-state index is -0.153. The average molecular weight is 370 g/mol. The molecule has 3 rings (SSSR count). The van der Waals surface area contributed by atoms with Crippen LogP contribution in [0.25, 0.3) is 11.2 Å². The number of aromatic nitrogens is 3. The van der Waals surface area contributed by atoms with E-state index in [0.717, 1.165) is 12.8 Å². The normalized spacial score (nSPS) is 19.7. The quantitative estimate of drug-likeness (QED) is 0.782. The number of fused-ring (bicyclic) bond motifs is 1. The molecule has 1 aliphatic rings. The number of likely N-dealkylation sites (tertiary alicyclic amines) is 1. The molecule has 0 bridgehead atoms. The molecule has 1 fully saturated rings. The number of anilines is 1. The van der Waals surface area contributed by atoms with Crippen molar-refractivity contribution in [1.82, 2.24) is 24.8 Å². The maximum atomic E-state index is 12.3. The highest BCUT2D eigenvalue weighted by Crippen LogP contribution is 2.23. The SMILES string of the molecule is C=CC(=O)N1CC[C@@H](Nc2cnc3c(n2)c(C(=O)NCC)cn3C)C[C@H]1C. The van der Waals surface area contributed by atoms with Gasteiger partial charge in [-0.2, -0.15) is 0 Å². The predicted octanol–water partition coefficient (Wildman–Crippen LogP) is 1.70. The molecule has 8 heteroatoms. The summed E-state index contributed by atoms with van der Waals surface area (Å²) in [5, 5.41) is 6.22. The summed E-state index contributed by atoms with van der Waals surface area (Å²) < 4.78 is 1.80. The van der Waals surface area contributed by atoms with Gasteiger partial charge >= 0.3 is 0 Å². The number of piperidine rings is 1. The highest BCUT2D eigenvalue weighted by Gasteiger charge is 2.28. The van der Waals surface area contributed by atoms with Crippen molar-refractivity contribution in [3.8, 4) is 0 Å². The maximum absolute atomic E-state index is 12.3. The van der Waals surface area contributed by atoms with Gasteiger partial charge in [0.1, 0.15) is 11.3 Å². The van der Waals surface area contributed by atoms with E-state index in [1.165, 1.54) is 6.08 Å². The van der Waals surface area contributed by atoms with Crippen molar-refractivity contribution in [3.05, 3.63) is 30.6 Å². The van der Waals surface area contributed by atoms with Crippen molar-refractivity contribution in [1.29, 1.82) is 0 Å². The fourth-order valence-corrected chi connectivity index (χ4v) is 3.59. The molecule has 1 saturated heterocycles. The number of nitrogens with one attached hydrogen (secondary N) is 2. The number of aryl methyl sites for hydroxylation is 1. The number of carbonyl (C=O) groups excluding carboxylic acids is 2. The largest absolute Gasteiger partial charge is 0.366 e. The molecule has 2 atom stereocenters. The van der Waals surface area contributed by atoms with Gasteiger partial charge in [-0.05, 0) is 32.8 Å². The molecule has 27 heavy (non-hydrogen) atoms. The average Bonchev–Trinajstić information content (AvgIpc) is 2.98. The van der Waals surface area contributed by atoms with E-state index < -0.39 is 0 Å². The van der Waals surface area contributed by atoms with Crippen LogP contribution < -0.4 is 10.6 Å². The Morgan fingerprint density at radius 1 is 1.44 bits per heavy atom. The van der Waals surface area contributed by atoms with E-state index in [2.05, 4.69) is 27.2 Å². The minimum Gasteiger partial charge on any atom is -0.366 e. The first-order chi connectivity index (χ1) is 12.9. The van der Waals surface area contributed by atoms with Gasteiger partial charge in [-0.15, -0.1) is 0 Å². The summed E-state index contributed by atoms with van der Waals surface area (Å²) in [6.07, 6.45) is 6.44. The van der Waals surface area contributed by atoms with E-state index in [-0.39, 0.29) is 23.9 Å². The Morgan fingerprint density at radius 2 is 2.22 bits per heavy atom. The molecule has 3 heterocycles. The molecule has 2 N–H and O–H groups in total. The summed E-state index contributed by atoms with van der Waals surface area (Å²) in [6.45, 7) is 8.71. The number of hydrogen-bond donors (Lipinski definition) is 2. The number of amides is 2. The van der Waals surface area contributed by atoms with Gasteiger partial charge in [0.15, 0.2) is 5.65 Å². The van der Waals surface area contributed by atoms with Crippen LogP contribution in [-0.4, -0.2) is 56.4 Å². The van der Waals surface area contributed by atoms with Crippen LogP contribution in [0.5, 0.6) is 0 Å². The van der Waals surface area contributed by atoms with Crippen molar-refractivity contribution in [2.24, 2.45) is 7.05 Å². The summed E-state index contributed by atoms with van der Waals surface area (Å²) in [5.74, 6) is 0.456. The highest BCUT2D eigenvalue weighted by atomic mass is 16.2. The molecule has 2 amide bonds. The number of carbonyl (C=O) groups is 2. The van der Waals surface area contributed by atoms with Crippen LogP contribution in [0.3, 0.4) is 0 Å². The first-order valence-corrected chi connectivity index (χ1v) is 9.24. The third-order valence-corrected chi connectivity index (χ3v) is 4.93. The van der Waals surface area contributed by atoms with Crippen LogP contribution in [0.2, 0.25) is 0 Å². The third kappa shape index (κ3) is 3.79. The molecule has 2 aromatic heterocycles. The first kappa shape index (κ1) is 18.9. The molecule has 8 nitrogen and oxygen atoms in total. The Bertz CT molecular complexity index is 874. The van der Waals surface area contributed by atoms with Gasteiger partial charge in [-0.1, -0.05) is 6.58 Å². The molecule has 144 valence electrons. The minimum absolute atomic E-state index is 0.0296. The second-order valence-electron chi connectivity index (χ2n) is 6.89. The number of rotatable bonds is 5. The third-order valence-electron chi connectivity index (χ3n) is 4.93. The van der Waals surface area contributed by atoms with Gasteiger partial charge in [-0.3, -0.25) is 9.59 Å². The van der Waals surface area contributed by atoms with Crippen LogP contribution in [0, 0.1) is 0 Å². The van der Waals surface area contributed by atoms with Gasteiger partial charge in [0.2, 0.25) is 5.91 Å². The molecule has 0 spiro atoms. The van der Waals surface area contributed by atoms with Crippen LogP contribution in [0.15, 0.2) is 25.0 Å². The lowest BCUT2D eigenvalue weighted by molar-refractivity contribution is -0.129. The van der Waals surface area contributed by atoms with E-state index in [4.69, 9.17) is 0 Å². The standard InChI is InChI=1S/C19H26N6O2/c1-5-16(26)25-8-7-13(9-12(25)3)22-15-10-21-18-17(23-15)14(11-24(18)4)19(27)20-6-2/h5,10-13H,1,6-9H2,2-4H3,(H,20,27)(H,22,23)/t12-,13-/m1/s1. The fraction of sp³-hybridized carbons (Fsp3) is 0.474.